The normalized spacial score (nSPS) is 12.0. The number of benzene rings is 1. The van der Waals surface area contributed by atoms with Crippen LogP contribution in [0.3, 0.4) is 0 Å². The van der Waals surface area contributed by atoms with Gasteiger partial charge in [0.05, 0.1) is 16.5 Å². The maximum Gasteiger partial charge on any atom is 0.238 e. The first-order valence-corrected chi connectivity index (χ1v) is 6.33. The van der Waals surface area contributed by atoms with Gasteiger partial charge in [0.1, 0.15) is 0 Å². The molecule has 0 aliphatic carbocycles. The monoisotopic (exact) mass is 294 g/mol. The number of carbonyl (C=O) groups excluding carboxylic acids is 1. The molecule has 1 atom stereocenters. The van der Waals surface area contributed by atoms with Gasteiger partial charge in [-0.05, 0) is 30.5 Å². The number of aryl methyl sites for hydroxylation is 1. The first-order valence-electron chi connectivity index (χ1n) is 5.41. The van der Waals surface area contributed by atoms with Crippen LogP contribution < -0.4 is 5.32 Å². The number of alkyl halides is 1. The summed E-state index contributed by atoms with van der Waals surface area (Å²) in [4.78, 5) is 11.6. The van der Waals surface area contributed by atoms with Gasteiger partial charge in [-0.3, -0.25) is 4.79 Å². The first-order chi connectivity index (χ1) is 7.95. The molecule has 1 rings (SSSR count). The maximum absolute atomic E-state index is 11.9. The molecular formula is C13H15BrN2O. The summed E-state index contributed by atoms with van der Waals surface area (Å²) in [6.07, 6.45) is 0. The Morgan fingerprint density at radius 3 is 2.65 bits per heavy atom. The Bertz CT molecular complexity index is 463. The number of rotatable bonds is 3. The fraction of sp³-hybridized carbons (Fsp3) is 0.385. The van der Waals surface area contributed by atoms with Crippen molar-refractivity contribution in [2.75, 3.05) is 5.32 Å². The topological polar surface area (TPSA) is 52.9 Å². The van der Waals surface area contributed by atoms with E-state index in [1.54, 1.807) is 12.1 Å². The molecule has 0 saturated carbocycles. The minimum absolute atomic E-state index is 0.0850. The summed E-state index contributed by atoms with van der Waals surface area (Å²) < 4.78 is 0. The van der Waals surface area contributed by atoms with E-state index < -0.39 is 0 Å². The van der Waals surface area contributed by atoms with E-state index in [1.165, 1.54) is 0 Å². The summed E-state index contributed by atoms with van der Waals surface area (Å²) in [7, 11) is 0. The lowest BCUT2D eigenvalue weighted by atomic mass is 10.1. The quantitative estimate of drug-likeness (QED) is 0.870. The summed E-state index contributed by atoms with van der Waals surface area (Å²) in [5, 5.41) is 11.6. The third-order valence-corrected chi connectivity index (χ3v) is 3.93. The van der Waals surface area contributed by atoms with Crippen LogP contribution >= 0.6 is 15.9 Å². The van der Waals surface area contributed by atoms with Crippen molar-refractivity contribution in [3.63, 3.8) is 0 Å². The molecule has 17 heavy (non-hydrogen) atoms. The number of hydrogen-bond acceptors (Lipinski definition) is 2. The number of nitriles is 1. The molecule has 0 aliphatic rings. The Morgan fingerprint density at radius 2 is 2.12 bits per heavy atom. The zero-order valence-corrected chi connectivity index (χ0v) is 11.7. The molecule has 4 heteroatoms. The van der Waals surface area contributed by atoms with Crippen molar-refractivity contribution in [1.29, 1.82) is 5.26 Å². The summed E-state index contributed by atoms with van der Waals surface area (Å²) in [6, 6.07) is 7.31. The van der Waals surface area contributed by atoms with Gasteiger partial charge in [0.15, 0.2) is 0 Å². The van der Waals surface area contributed by atoms with Crippen LogP contribution in [0.15, 0.2) is 18.2 Å². The van der Waals surface area contributed by atoms with Crippen molar-refractivity contribution in [1.82, 2.24) is 0 Å². The van der Waals surface area contributed by atoms with Crippen LogP contribution in [0.1, 0.15) is 25.0 Å². The standard InChI is InChI=1S/C13H15BrN2O/c1-8(2)12(14)13(17)16-11-6-10(7-15)5-4-9(11)3/h4-6,8,12H,1-3H3,(H,16,17). The van der Waals surface area contributed by atoms with Crippen LogP contribution in [-0.4, -0.2) is 10.7 Å². The highest BCUT2D eigenvalue weighted by atomic mass is 79.9. The van der Waals surface area contributed by atoms with Gasteiger partial charge in [-0.2, -0.15) is 5.26 Å². The molecule has 0 aliphatic heterocycles. The van der Waals surface area contributed by atoms with Crippen molar-refractivity contribution in [2.24, 2.45) is 5.92 Å². The molecule has 3 nitrogen and oxygen atoms in total. The van der Waals surface area contributed by atoms with Crippen LogP contribution in [0.5, 0.6) is 0 Å². The Kier molecular flexibility index (Phi) is 4.71. The van der Waals surface area contributed by atoms with Gasteiger partial charge in [0, 0.05) is 5.69 Å². The second-order valence-electron chi connectivity index (χ2n) is 4.28. The molecular weight excluding hydrogens is 280 g/mol. The van der Waals surface area contributed by atoms with Crippen molar-refractivity contribution >= 4 is 27.5 Å². The molecule has 0 aromatic heterocycles. The summed E-state index contributed by atoms with van der Waals surface area (Å²) in [6.45, 7) is 5.84. The lowest BCUT2D eigenvalue weighted by Gasteiger charge is -2.15. The van der Waals surface area contributed by atoms with Crippen molar-refractivity contribution in [3.05, 3.63) is 29.3 Å². The van der Waals surface area contributed by atoms with Crippen molar-refractivity contribution in [2.45, 2.75) is 25.6 Å². The summed E-state index contributed by atoms with van der Waals surface area (Å²) >= 11 is 3.35. The van der Waals surface area contributed by atoms with E-state index >= 15 is 0 Å². The predicted octanol–water partition coefficient (Wildman–Crippen LogP) is 3.22. The summed E-state index contributed by atoms with van der Waals surface area (Å²) in [5.74, 6) is 0.132. The lowest BCUT2D eigenvalue weighted by Crippen LogP contribution is -2.27. The summed E-state index contributed by atoms with van der Waals surface area (Å²) in [5.41, 5.74) is 2.18. The Balaban J connectivity index is 2.88. The maximum atomic E-state index is 11.9. The third-order valence-electron chi connectivity index (χ3n) is 2.46. The van der Waals surface area contributed by atoms with E-state index in [-0.39, 0.29) is 16.7 Å². The van der Waals surface area contributed by atoms with Gasteiger partial charge in [-0.15, -0.1) is 0 Å². The molecule has 1 aromatic carbocycles. The minimum atomic E-state index is -0.229. The fourth-order valence-corrected chi connectivity index (χ4v) is 1.45. The zero-order valence-electron chi connectivity index (χ0n) is 10.1. The number of nitrogens with zero attached hydrogens (tertiary/aromatic N) is 1. The Hall–Kier alpha value is -1.34. The van der Waals surface area contributed by atoms with E-state index in [4.69, 9.17) is 5.26 Å². The smallest absolute Gasteiger partial charge is 0.238 e. The highest BCUT2D eigenvalue weighted by Gasteiger charge is 2.19. The molecule has 0 fully saturated rings. The van der Waals surface area contributed by atoms with Gasteiger partial charge in [0.2, 0.25) is 5.91 Å². The van der Waals surface area contributed by atoms with Crippen molar-refractivity contribution < 1.29 is 4.79 Å². The van der Waals surface area contributed by atoms with Gasteiger partial charge < -0.3 is 5.32 Å². The van der Waals surface area contributed by atoms with Gasteiger partial charge >= 0.3 is 0 Å². The average molecular weight is 295 g/mol. The molecule has 0 saturated heterocycles. The third kappa shape index (κ3) is 3.57. The lowest BCUT2D eigenvalue weighted by molar-refractivity contribution is -0.116. The number of carbonyl (C=O) groups is 1. The fourth-order valence-electron chi connectivity index (χ4n) is 1.33. The van der Waals surface area contributed by atoms with E-state index in [1.807, 2.05) is 26.8 Å². The van der Waals surface area contributed by atoms with Crippen LogP contribution in [0.2, 0.25) is 0 Å². The molecule has 90 valence electrons. The second kappa shape index (κ2) is 5.83. The van der Waals surface area contributed by atoms with E-state index in [0.717, 1.165) is 5.56 Å². The minimum Gasteiger partial charge on any atom is -0.325 e. The number of hydrogen-bond donors (Lipinski definition) is 1. The molecule has 0 radical (unpaired) electrons. The highest BCUT2D eigenvalue weighted by Crippen LogP contribution is 2.19. The zero-order chi connectivity index (χ0) is 13.0. The number of anilines is 1. The predicted molar refractivity (Wildman–Crippen MR) is 72.1 cm³/mol. The van der Waals surface area contributed by atoms with Gasteiger partial charge in [0.25, 0.3) is 0 Å². The van der Waals surface area contributed by atoms with Gasteiger partial charge in [-0.1, -0.05) is 35.8 Å². The Labute approximate surface area is 110 Å². The molecule has 1 N–H and O–H groups in total. The van der Waals surface area contributed by atoms with E-state index in [9.17, 15) is 4.79 Å². The largest absolute Gasteiger partial charge is 0.325 e. The van der Waals surface area contributed by atoms with E-state index in [0.29, 0.717) is 11.3 Å². The SMILES string of the molecule is Cc1ccc(C#N)cc1NC(=O)C(Br)C(C)C. The molecule has 0 bridgehead atoms. The number of halogens is 1. The van der Waals surface area contributed by atoms with Crippen LogP contribution in [0.4, 0.5) is 5.69 Å². The van der Waals surface area contributed by atoms with Crippen molar-refractivity contribution in [3.8, 4) is 6.07 Å². The molecule has 1 unspecified atom stereocenters. The molecule has 1 aromatic rings. The van der Waals surface area contributed by atoms with E-state index in [2.05, 4.69) is 27.3 Å². The highest BCUT2D eigenvalue weighted by molar-refractivity contribution is 9.10. The number of nitrogens with one attached hydrogen (secondary N) is 1. The second-order valence-corrected chi connectivity index (χ2v) is 5.26. The Morgan fingerprint density at radius 1 is 1.47 bits per heavy atom. The van der Waals surface area contributed by atoms with Crippen LogP contribution in [0, 0.1) is 24.2 Å². The molecule has 1 amide bonds. The molecule has 0 spiro atoms. The first kappa shape index (κ1) is 13.7. The van der Waals surface area contributed by atoms with Gasteiger partial charge in [-0.25, -0.2) is 0 Å². The average Bonchev–Trinajstić information content (AvgIpc) is 2.30. The molecule has 0 heterocycles. The van der Waals surface area contributed by atoms with Crippen LogP contribution in [0.25, 0.3) is 0 Å². The number of amides is 1. The van der Waals surface area contributed by atoms with Crippen LogP contribution in [-0.2, 0) is 4.79 Å².